The van der Waals surface area contributed by atoms with Crippen LogP contribution in [-0.4, -0.2) is 18.1 Å². The molecule has 2 aromatic carbocycles. The van der Waals surface area contributed by atoms with Crippen molar-refractivity contribution in [2.45, 2.75) is 0 Å². The summed E-state index contributed by atoms with van der Waals surface area (Å²) in [6.07, 6.45) is 0. The van der Waals surface area contributed by atoms with Crippen LogP contribution in [0.2, 0.25) is 0 Å². The molecule has 2 nitrogen and oxygen atoms in total. The van der Waals surface area contributed by atoms with E-state index in [2.05, 4.69) is 58.8 Å². The van der Waals surface area contributed by atoms with Crippen LogP contribution in [0.5, 0.6) is 0 Å². The van der Waals surface area contributed by atoms with Gasteiger partial charge in [-0.3, -0.25) is 0 Å². The van der Waals surface area contributed by atoms with E-state index >= 15 is 0 Å². The fourth-order valence-corrected chi connectivity index (χ4v) is 1.80. The third-order valence-electron chi connectivity index (χ3n) is 2.66. The summed E-state index contributed by atoms with van der Waals surface area (Å²) in [5, 5.41) is 5.61. The van der Waals surface area contributed by atoms with E-state index in [1.807, 2.05) is 0 Å². The van der Waals surface area contributed by atoms with Crippen LogP contribution < -0.4 is 5.32 Å². The van der Waals surface area contributed by atoms with Gasteiger partial charge < -0.3 is 10.3 Å². The molecule has 80 valence electrons. The minimum absolute atomic E-state index is 1.21. The lowest BCUT2D eigenvalue weighted by Gasteiger charge is -1.87. The van der Waals surface area contributed by atoms with Crippen molar-refractivity contribution in [1.82, 2.24) is 10.3 Å². The molecule has 0 amide bonds. The number of H-pyrrole nitrogens is 1. The van der Waals surface area contributed by atoms with Gasteiger partial charge in [0.15, 0.2) is 0 Å². The summed E-state index contributed by atoms with van der Waals surface area (Å²) >= 11 is 0. The SMILES string of the molecule is C1CN1.c1ccc2c(c1)[nH]c1ccccc12. The average molecular weight is 210 g/mol. The molecule has 0 atom stereocenters. The third kappa shape index (κ3) is 1.79. The highest BCUT2D eigenvalue weighted by molar-refractivity contribution is 6.06. The standard InChI is InChI=1S/C12H9N.C2H5N/c1-3-7-11-9(5-1)10-6-2-4-8-12(10)13-11;1-2-3-1/h1-8,13H;3H,1-2H2. The molecule has 2 heterocycles. The normalized spacial score (nSPS) is 13.5. The number of nitrogens with one attached hydrogen (secondary N) is 2. The fourth-order valence-electron chi connectivity index (χ4n) is 1.80. The highest BCUT2D eigenvalue weighted by Crippen LogP contribution is 2.24. The van der Waals surface area contributed by atoms with Crippen molar-refractivity contribution in [3.63, 3.8) is 0 Å². The molecule has 0 aliphatic carbocycles. The molecule has 0 bridgehead atoms. The van der Waals surface area contributed by atoms with Crippen LogP contribution in [0.15, 0.2) is 48.5 Å². The summed E-state index contributed by atoms with van der Waals surface area (Å²) < 4.78 is 0. The summed E-state index contributed by atoms with van der Waals surface area (Å²) in [6.45, 7) is 2.50. The van der Waals surface area contributed by atoms with E-state index in [0.717, 1.165) is 0 Å². The molecule has 2 heteroatoms. The van der Waals surface area contributed by atoms with Crippen LogP contribution >= 0.6 is 0 Å². The van der Waals surface area contributed by atoms with E-state index in [4.69, 9.17) is 0 Å². The Labute approximate surface area is 94.3 Å². The topological polar surface area (TPSA) is 37.7 Å². The predicted molar refractivity (Wildman–Crippen MR) is 68.7 cm³/mol. The van der Waals surface area contributed by atoms with E-state index in [-0.39, 0.29) is 0 Å². The van der Waals surface area contributed by atoms with Crippen molar-refractivity contribution >= 4 is 21.8 Å². The van der Waals surface area contributed by atoms with E-state index in [1.165, 1.54) is 34.9 Å². The molecule has 0 spiro atoms. The lowest BCUT2D eigenvalue weighted by Crippen LogP contribution is -1.62. The zero-order chi connectivity index (χ0) is 10.8. The summed E-state index contributed by atoms with van der Waals surface area (Å²) in [6, 6.07) is 16.8. The minimum atomic E-state index is 1.21. The van der Waals surface area contributed by atoms with E-state index < -0.39 is 0 Å². The Kier molecular flexibility index (Phi) is 2.35. The Hall–Kier alpha value is -1.80. The number of benzene rings is 2. The van der Waals surface area contributed by atoms with Crippen LogP contribution in [0.4, 0.5) is 0 Å². The predicted octanol–water partition coefficient (Wildman–Crippen LogP) is 2.91. The zero-order valence-corrected chi connectivity index (χ0v) is 9.03. The van der Waals surface area contributed by atoms with E-state index in [0.29, 0.717) is 0 Å². The van der Waals surface area contributed by atoms with Crippen molar-refractivity contribution in [2.24, 2.45) is 0 Å². The van der Waals surface area contributed by atoms with Gasteiger partial charge in [0.25, 0.3) is 0 Å². The van der Waals surface area contributed by atoms with Gasteiger partial charge in [-0.15, -0.1) is 0 Å². The summed E-state index contributed by atoms with van der Waals surface area (Å²) in [5.41, 5.74) is 2.42. The van der Waals surface area contributed by atoms with Gasteiger partial charge in [-0.25, -0.2) is 0 Å². The first-order valence-electron chi connectivity index (χ1n) is 5.61. The van der Waals surface area contributed by atoms with Crippen LogP contribution in [0.1, 0.15) is 0 Å². The lowest BCUT2D eigenvalue weighted by atomic mass is 10.2. The van der Waals surface area contributed by atoms with Crippen LogP contribution in [-0.2, 0) is 0 Å². The number of aromatic nitrogens is 1. The zero-order valence-electron chi connectivity index (χ0n) is 9.03. The Bertz CT molecular complexity index is 555. The maximum absolute atomic E-state index is 3.38. The molecule has 0 unspecified atom stereocenters. The highest BCUT2D eigenvalue weighted by Gasteiger charge is 2.00. The molecule has 16 heavy (non-hydrogen) atoms. The number of hydrogen-bond donors (Lipinski definition) is 2. The maximum atomic E-state index is 3.38. The van der Waals surface area contributed by atoms with Gasteiger partial charge in [0.05, 0.1) is 0 Å². The van der Waals surface area contributed by atoms with Crippen molar-refractivity contribution in [2.75, 3.05) is 13.1 Å². The summed E-state index contributed by atoms with van der Waals surface area (Å²) in [4.78, 5) is 3.38. The second-order valence-corrected chi connectivity index (χ2v) is 3.97. The Morgan fingerprint density at radius 1 is 0.688 bits per heavy atom. The highest BCUT2D eigenvalue weighted by atomic mass is 15.0. The van der Waals surface area contributed by atoms with Gasteiger partial charge in [-0.1, -0.05) is 36.4 Å². The number of aromatic amines is 1. The second kappa shape index (κ2) is 3.99. The number of hydrogen-bond acceptors (Lipinski definition) is 1. The maximum Gasteiger partial charge on any atom is 0.0464 e. The quantitative estimate of drug-likeness (QED) is 0.550. The second-order valence-electron chi connectivity index (χ2n) is 3.97. The first kappa shape index (κ1) is 9.43. The van der Waals surface area contributed by atoms with Gasteiger partial charge >= 0.3 is 0 Å². The number of para-hydroxylation sites is 2. The van der Waals surface area contributed by atoms with Crippen molar-refractivity contribution < 1.29 is 0 Å². The largest absolute Gasteiger partial charge is 0.355 e. The van der Waals surface area contributed by atoms with Gasteiger partial charge in [-0.05, 0) is 12.1 Å². The van der Waals surface area contributed by atoms with E-state index in [9.17, 15) is 0 Å². The average Bonchev–Trinajstić information content (AvgIpc) is 3.16. The Morgan fingerprint density at radius 3 is 1.56 bits per heavy atom. The van der Waals surface area contributed by atoms with Crippen molar-refractivity contribution in [3.05, 3.63) is 48.5 Å². The molecule has 4 rings (SSSR count). The smallest absolute Gasteiger partial charge is 0.0464 e. The molecule has 1 aliphatic rings. The molecule has 0 radical (unpaired) electrons. The molecule has 3 aromatic rings. The van der Waals surface area contributed by atoms with Crippen LogP contribution in [0.25, 0.3) is 21.8 Å². The molecule has 1 saturated heterocycles. The molecule has 1 fully saturated rings. The lowest BCUT2D eigenvalue weighted by molar-refractivity contribution is 1.34. The van der Waals surface area contributed by atoms with Gasteiger partial charge in [0.2, 0.25) is 0 Å². The Morgan fingerprint density at radius 2 is 1.12 bits per heavy atom. The van der Waals surface area contributed by atoms with Gasteiger partial charge in [0, 0.05) is 34.9 Å². The number of fused-ring (bicyclic) bond motifs is 3. The van der Waals surface area contributed by atoms with Gasteiger partial charge in [0.1, 0.15) is 0 Å². The van der Waals surface area contributed by atoms with Crippen LogP contribution in [0, 0.1) is 0 Å². The van der Waals surface area contributed by atoms with Gasteiger partial charge in [-0.2, -0.15) is 0 Å². The number of rotatable bonds is 0. The van der Waals surface area contributed by atoms with Crippen molar-refractivity contribution in [1.29, 1.82) is 0 Å². The van der Waals surface area contributed by atoms with Crippen molar-refractivity contribution in [3.8, 4) is 0 Å². The minimum Gasteiger partial charge on any atom is -0.355 e. The van der Waals surface area contributed by atoms with E-state index in [1.54, 1.807) is 0 Å². The Balaban J connectivity index is 0.000000235. The molecular formula is C14H14N2. The molecule has 0 saturated carbocycles. The molecule has 2 N–H and O–H groups in total. The molecular weight excluding hydrogens is 196 g/mol. The van der Waals surface area contributed by atoms with Crippen LogP contribution in [0.3, 0.4) is 0 Å². The molecule has 1 aliphatic heterocycles. The first-order chi connectivity index (χ1) is 7.95. The monoisotopic (exact) mass is 210 g/mol. The summed E-state index contributed by atoms with van der Waals surface area (Å²) in [7, 11) is 0. The fraction of sp³-hybridized carbons (Fsp3) is 0.143. The molecule has 1 aromatic heterocycles. The third-order valence-corrected chi connectivity index (χ3v) is 2.66. The first-order valence-corrected chi connectivity index (χ1v) is 5.61. The summed E-state index contributed by atoms with van der Waals surface area (Å²) in [5.74, 6) is 0.